The van der Waals surface area contributed by atoms with Gasteiger partial charge in [-0.2, -0.15) is 0 Å². The largest absolute Gasteiger partial charge is 0.375 e. The fourth-order valence-corrected chi connectivity index (χ4v) is 2.88. The number of hydrogen-bond donors (Lipinski definition) is 2. The third-order valence-corrected chi connectivity index (χ3v) is 4.35. The van der Waals surface area contributed by atoms with E-state index in [-0.39, 0.29) is 17.0 Å². The molecule has 0 unspecified atom stereocenters. The first-order valence-corrected chi connectivity index (χ1v) is 7.96. The maximum absolute atomic E-state index is 12.4. The summed E-state index contributed by atoms with van der Waals surface area (Å²) in [5, 5.41) is 2.82. The molecular formula is C18H21N3O2. The normalized spacial score (nSPS) is 12.8. The van der Waals surface area contributed by atoms with Gasteiger partial charge in [-0.15, -0.1) is 0 Å². The van der Waals surface area contributed by atoms with Gasteiger partial charge in [0, 0.05) is 30.7 Å². The lowest BCUT2D eigenvalue weighted by molar-refractivity contribution is 0.102. The molecule has 2 aromatic rings. The van der Waals surface area contributed by atoms with Gasteiger partial charge in [-0.25, -0.2) is 0 Å². The first kappa shape index (κ1) is 15.3. The molecule has 5 nitrogen and oxygen atoms in total. The molecule has 1 aliphatic carbocycles. The zero-order valence-corrected chi connectivity index (χ0v) is 13.5. The highest BCUT2D eigenvalue weighted by atomic mass is 16.2. The molecule has 0 aliphatic heterocycles. The van der Waals surface area contributed by atoms with E-state index < -0.39 is 0 Å². The molecule has 0 saturated heterocycles. The van der Waals surface area contributed by atoms with Crippen molar-refractivity contribution >= 4 is 17.3 Å². The molecule has 0 bridgehead atoms. The van der Waals surface area contributed by atoms with Crippen LogP contribution in [0.1, 0.15) is 35.0 Å². The van der Waals surface area contributed by atoms with E-state index in [0.717, 1.165) is 42.8 Å². The molecule has 0 spiro atoms. The Morgan fingerprint density at radius 2 is 2.13 bits per heavy atom. The second-order valence-corrected chi connectivity index (χ2v) is 5.89. The Kier molecular flexibility index (Phi) is 4.19. The van der Waals surface area contributed by atoms with E-state index in [1.54, 1.807) is 6.07 Å². The van der Waals surface area contributed by atoms with Crippen LogP contribution in [-0.2, 0) is 12.8 Å². The zero-order valence-electron chi connectivity index (χ0n) is 13.5. The minimum atomic E-state index is -0.364. The van der Waals surface area contributed by atoms with E-state index in [2.05, 4.69) is 22.1 Å². The standard InChI is InChI=1S/C18H21N3O2/c1-3-21(2)14-8-5-7-13(11-14)19-17(22)15-10-12-6-4-9-16(12)20-18(15)23/h5,7-8,10-11H,3-4,6,9H2,1-2H3,(H,19,22)(H,20,23). The Labute approximate surface area is 135 Å². The van der Waals surface area contributed by atoms with Crippen LogP contribution in [0, 0.1) is 0 Å². The molecule has 0 fully saturated rings. The molecule has 1 heterocycles. The van der Waals surface area contributed by atoms with Gasteiger partial charge in [-0.05, 0) is 56.0 Å². The lowest BCUT2D eigenvalue weighted by Gasteiger charge is -2.17. The summed E-state index contributed by atoms with van der Waals surface area (Å²) in [5.41, 5.74) is 3.62. The summed E-state index contributed by atoms with van der Waals surface area (Å²) in [6.07, 6.45) is 2.84. The lowest BCUT2D eigenvalue weighted by atomic mass is 10.1. The summed E-state index contributed by atoms with van der Waals surface area (Å²) >= 11 is 0. The zero-order chi connectivity index (χ0) is 16.4. The first-order valence-electron chi connectivity index (χ1n) is 7.96. The molecule has 3 rings (SSSR count). The number of H-pyrrole nitrogens is 1. The highest BCUT2D eigenvalue weighted by molar-refractivity contribution is 6.04. The summed E-state index contributed by atoms with van der Waals surface area (Å²) in [6.45, 7) is 2.94. The van der Waals surface area contributed by atoms with Crippen LogP contribution in [-0.4, -0.2) is 24.5 Å². The third kappa shape index (κ3) is 3.13. The van der Waals surface area contributed by atoms with Crippen molar-refractivity contribution in [1.29, 1.82) is 0 Å². The van der Waals surface area contributed by atoms with Gasteiger partial charge in [0.25, 0.3) is 11.5 Å². The number of hydrogen-bond acceptors (Lipinski definition) is 3. The van der Waals surface area contributed by atoms with E-state index in [1.165, 1.54) is 0 Å². The lowest BCUT2D eigenvalue weighted by Crippen LogP contribution is -2.24. The van der Waals surface area contributed by atoms with Gasteiger partial charge in [0.1, 0.15) is 5.56 Å². The number of carbonyl (C=O) groups excluding carboxylic acids is 1. The fraction of sp³-hybridized carbons (Fsp3) is 0.333. The predicted octanol–water partition coefficient (Wildman–Crippen LogP) is 2.57. The van der Waals surface area contributed by atoms with E-state index in [4.69, 9.17) is 0 Å². The molecule has 0 atom stereocenters. The molecule has 5 heteroatoms. The number of amides is 1. The number of nitrogens with one attached hydrogen (secondary N) is 2. The van der Waals surface area contributed by atoms with Crippen LogP contribution in [0.25, 0.3) is 0 Å². The maximum atomic E-state index is 12.4. The van der Waals surface area contributed by atoms with E-state index in [1.807, 2.05) is 31.3 Å². The Morgan fingerprint density at radius 1 is 1.30 bits per heavy atom. The average molecular weight is 311 g/mol. The Balaban J connectivity index is 1.84. The first-order chi connectivity index (χ1) is 11.1. The average Bonchev–Trinajstić information content (AvgIpc) is 3.00. The Bertz CT molecular complexity index is 795. The number of carbonyl (C=O) groups is 1. The number of nitrogens with zero attached hydrogens (tertiary/aromatic N) is 1. The number of fused-ring (bicyclic) bond motifs is 1. The SMILES string of the molecule is CCN(C)c1cccc(NC(=O)c2cc3c([nH]c2=O)CCC3)c1. The van der Waals surface area contributed by atoms with E-state index >= 15 is 0 Å². The van der Waals surface area contributed by atoms with Crippen molar-refractivity contribution in [3.63, 3.8) is 0 Å². The third-order valence-electron chi connectivity index (χ3n) is 4.35. The topological polar surface area (TPSA) is 65.2 Å². The van der Waals surface area contributed by atoms with Crippen molar-refractivity contribution in [2.24, 2.45) is 0 Å². The van der Waals surface area contributed by atoms with Crippen LogP contribution >= 0.6 is 0 Å². The van der Waals surface area contributed by atoms with Crippen LogP contribution in [0.3, 0.4) is 0 Å². The van der Waals surface area contributed by atoms with E-state index in [9.17, 15) is 9.59 Å². The molecule has 0 saturated carbocycles. The summed E-state index contributed by atoms with van der Waals surface area (Å²) in [5.74, 6) is -0.364. The molecule has 120 valence electrons. The summed E-state index contributed by atoms with van der Waals surface area (Å²) in [4.78, 5) is 29.5. The highest BCUT2D eigenvalue weighted by Gasteiger charge is 2.18. The quantitative estimate of drug-likeness (QED) is 0.912. The number of aromatic nitrogens is 1. The van der Waals surface area contributed by atoms with Crippen molar-refractivity contribution in [1.82, 2.24) is 4.98 Å². The summed E-state index contributed by atoms with van der Waals surface area (Å²) in [6, 6.07) is 9.35. The molecule has 23 heavy (non-hydrogen) atoms. The van der Waals surface area contributed by atoms with Crippen LogP contribution in [0.5, 0.6) is 0 Å². The van der Waals surface area contributed by atoms with Crippen LogP contribution < -0.4 is 15.8 Å². The predicted molar refractivity (Wildman–Crippen MR) is 92.4 cm³/mol. The number of aromatic amines is 1. The highest BCUT2D eigenvalue weighted by Crippen LogP contribution is 2.21. The number of anilines is 2. The van der Waals surface area contributed by atoms with Gasteiger partial charge in [0.15, 0.2) is 0 Å². The van der Waals surface area contributed by atoms with Gasteiger partial charge in [0.2, 0.25) is 0 Å². The van der Waals surface area contributed by atoms with Crippen molar-refractivity contribution in [3.05, 3.63) is 57.5 Å². The summed E-state index contributed by atoms with van der Waals surface area (Å²) in [7, 11) is 1.99. The fourth-order valence-electron chi connectivity index (χ4n) is 2.88. The minimum Gasteiger partial charge on any atom is -0.375 e. The number of aryl methyl sites for hydroxylation is 2. The van der Waals surface area contributed by atoms with Crippen LogP contribution in [0.4, 0.5) is 11.4 Å². The molecule has 1 aromatic carbocycles. The molecule has 2 N–H and O–H groups in total. The molecule has 0 radical (unpaired) electrons. The van der Waals surface area contributed by atoms with Crippen molar-refractivity contribution in [2.75, 3.05) is 23.8 Å². The van der Waals surface area contributed by atoms with Crippen molar-refractivity contribution in [3.8, 4) is 0 Å². The van der Waals surface area contributed by atoms with Gasteiger partial charge in [-0.1, -0.05) is 6.07 Å². The minimum absolute atomic E-state index is 0.180. The number of rotatable bonds is 4. The van der Waals surface area contributed by atoms with Crippen molar-refractivity contribution in [2.45, 2.75) is 26.2 Å². The Morgan fingerprint density at radius 3 is 2.91 bits per heavy atom. The molecule has 1 aromatic heterocycles. The smallest absolute Gasteiger partial charge is 0.261 e. The monoisotopic (exact) mass is 311 g/mol. The van der Waals surface area contributed by atoms with Crippen LogP contribution in [0.2, 0.25) is 0 Å². The Hall–Kier alpha value is -2.56. The molecule has 1 amide bonds. The van der Waals surface area contributed by atoms with E-state index in [0.29, 0.717) is 5.69 Å². The van der Waals surface area contributed by atoms with Crippen molar-refractivity contribution < 1.29 is 4.79 Å². The van der Waals surface area contributed by atoms with Gasteiger partial charge >= 0.3 is 0 Å². The van der Waals surface area contributed by atoms with Gasteiger partial charge in [0.05, 0.1) is 0 Å². The van der Waals surface area contributed by atoms with Gasteiger partial charge in [-0.3, -0.25) is 9.59 Å². The number of pyridine rings is 1. The summed E-state index contributed by atoms with van der Waals surface area (Å²) < 4.78 is 0. The van der Waals surface area contributed by atoms with Crippen LogP contribution in [0.15, 0.2) is 35.1 Å². The maximum Gasteiger partial charge on any atom is 0.261 e. The molecular weight excluding hydrogens is 290 g/mol. The number of benzene rings is 1. The second kappa shape index (κ2) is 6.28. The second-order valence-electron chi connectivity index (χ2n) is 5.89. The molecule has 1 aliphatic rings. The van der Waals surface area contributed by atoms with Gasteiger partial charge < -0.3 is 15.2 Å².